The lowest BCUT2D eigenvalue weighted by Crippen LogP contribution is -2.21. The minimum absolute atomic E-state index is 0.0643. The van der Waals surface area contributed by atoms with E-state index in [0.29, 0.717) is 28.9 Å². The minimum Gasteiger partial charge on any atom is -0.494 e. The molecule has 0 saturated carbocycles. The van der Waals surface area contributed by atoms with E-state index in [1.54, 1.807) is 30.3 Å². The first-order chi connectivity index (χ1) is 18.1. The molecule has 9 heteroatoms. The highest BCUT2D eigenvalue weighted by molar-refractivity contribution is 6.37. The van der Waals surface area contributed by atoms with Gasteiger partial charge in [-0.15, -0.1) is 0 Å². The first-order valence-electron chi connectivity index (χ1n) is 12.1. The van der Waals surface area contributed by atoms with Crippen molar-refractivity contribution in [3.63, 3.8) is 0 Å². The summed E-state index contributed by atoms with van der Waals surface area (Å²) in [5.74, 6) is 0.898. The van der Waals surface area contributed by atoms with E-state index in [0.717, 1.165) is 22.4 Å². The fraction of sp³-hybridized carbons (Fsp3) is 0.241. The van der Waals surface area contributed by atoms with Gasteiger partial charge in [0.2, 0.25) is 0 Å². The van der Waals surface area contributed by atoms with Crippen LogP contribution in [0.5, 0.6) is 11.5 Å². The Morgan fingerprint density at radius 2 is 1.82 bits per heavy atom. The number of carbonyl (C=O) groups is 1. The summed E-state index contributed by atoms with van der Waals surface area (Å²) in [6.45, 7) is 9.87. The predicted molar refractivity (Wildman–Crippen MR) is 152 cm³/mol. The quantitative estimate of drug-likeness (QED) is 0.140. The van der Waals surface area contributed by atoms with Gasteiger partial charge in [0.05, 0.1) is 33.8 Å². The Morgan fingerprint density at radius 1 is 1.13 bits per heavy atom. The van der Waals surface area contributed by atoms with E-state index in [1.165, 1.54) is 17.8 Å². The van der Waals surface area contributed by atoms with Gasteiger partial charge in [0.15, 0.2) is 11.6 Å². The molecule has 0 N–H and O–H groups in total. The van der Waals surface area contributed by atoms with Gasteiger partial charge < -0.3 is 9.47 Å². The SMILES string of the molecule is CCOc1cc(C)c(-c2nc3ccccc3c(=O)n2N=Cc2cc(Cl)c(OC(C)=O)c(Cl)c2)cc1C(C)C. The van der Waals surface area contributed by atoms with Gasteiger partial charge in [0, 0.05) is 12.5 Å². The number of para-hydroxylation sites is 1. The monoisotopic (exact) mass is 551 g/mol. The zero-order valence-corrected chi connectivity index (χ0v) is 23.2. The van der Waals surface area contributed by atoms with Crippen LogP contribution in [0.3, 0.4) is 0 Å². The first-order valence-corrected chi connectivity index (χ1v) is 12.9. The number of halogens is 2. The lowest BCUT2D eigenvalue weighted by molar-refractivity contribution is -0.131. The maximum absolute atomic E-state index is 13.6. The highest BCUT2D eigenvalue weighted by Gasteiger charge is 2.19. The molecule has 0 atom stereocenters. The predicted octanol–water partition coefficient (Wildman–Crippen LogP) is 7.01. The molecule has 0 amide bonds. The number of esters is 1. The summed E-state index contributed by atoms with van der Waals surface area (Å²) in [7, 11) is 0. The van der Waals surface area contributed by atoms with Crippen molar-refractivity contribution in [2.24, 2.45) is 5.10 Å². The third kappa shape index (κ3) is 5.59. The van der Waals surface area contributed by atoms with E-state index in [1.807, 2.05) is 32.0 Å². The van der Waals surface area contributed by atoms with Crippen LogP contribution in [0.1, 0.15) is 50.3 Å². The number of benzene rings is 3. The van der Waals surface area contributed by atoms with Crippen LogP contribution in [0.2, 0.25) is 10.0 Å². The van der Waals surface area contributed by atoms with E-state index in [2.05, 4.69) is 18.9 Å². The summed E-state index contributed by atoms with van der Waals surface area (Å²) >= 11 is 12.6. The van der Waals surface area contributed by atoms with Gasteiger partial charge in [0.1, 0.15) is 5.75 Å². The van der Waals surface area contributed by atoms with Crippen molar-refractivity contribution in [1.29, 1.82) is 0 Å². The van der Waals surface area contributed by atoms with E-state index in [4.69, 9.17) is 37.7 Å². The molecule has 1 aromatic heterocycles. The molecule has 0 bridgehead atoms. The molecular weight excluding hydrogens is 525 g/mol. The average molecular weight is 552 g/mol. The number of fused-ring (bicyclic) bond motifs is 1. The van der Waals surface area contributed by atoms with Gasteiger partial charge in [-0.2, -0.15) is 9.78 Å². The van der Waals surface area contributed by atoms with Crippen LogP contribution < -0.4 is 15.0 Å². The molecule has 7 nitrogen and oxygen atoms in total. The van der Waals surface area contributed by atoms with Gasteiger partial charge in [-0.05, 0) is 72.9 Å². The summed E-state index contributed by atoms with van der Waals surface area (Å²) in [5, 5.41) is 5.22. The van der Waals surface area contributed by atoms with Crippen molar-refractivity contribution < 1.29 is 14.3 Å². The second-order valence-corrected chi connectivity index (χ2v) is 9.83. The van der Waals surface area contributed by atoms with Crippen LogP contribution in [0.15, 0.2) is 58.4 Å². The third-order valence-electron chi connectivity index (χ3n) is 5.86. The Bertz CT molecular complexity index is 1600. The first kappa shape index (κ1) is 27.4. The molecular formula is C29H27Cl2N3O4. The van der Waals surface area contributed by atoms with Crippen molar-refractivity contribution in [1.82, 2.24) is 9.66 Å². The summed E-state index contributed by atoms with van der Waals surface area (Å²) in [6, 6.07) is 14.2. The Labute approximate surface area is 230 Å². The summed E-state index contributed by atoms with van der Waals surface area (Å²) < 4.78 is 12.2. The lowest BCUT2D eigenvalue weighted by atomic mass is 9.96. The third-order valence-corrected chi connectivity index (χ3v) is 6.42. The van der Waals surface area contributed by atoms with Crippen molar-refractivity contribution in [3.05, 3.63) is 85.6 Å². The largest absolute Gasteiger partial charge is 0.494 e. The minimum atomic E-state index is -0.542. The molecule has 38 heavy (non-hydrogen) atoms. The van der Waals surface area contributed by atoms with Crippen LogP contribution in [-0.2, 0) is 4.79 Å². The van der Waals surface area contributed by atoms with Crippen molar-refractivity contribution >= 4 is 46.3 Å². The maximum Gasteiger partial charge on any atom is 0.308 e. The molecule has 0 saturated heterocycles. The van der Waals surface area contributed by atoms with Crippen LogP contribution >= 0.6 is 23.2 Å². The zero-order valence-electron chi connectivity index (χ0n) is 21.7. The molecule has 4 aromatic rings. The fourth-order valence-corrected chi connectivity index (χ4v) is 4.68. The Balaban J connectivity index is 1.92. The fourth-order valence-electron chi connectivity index (χ4n) is 4.10. The van der Waals surface area contributed by atoms with E-state index in [-0.39, 0.29) is 27.3 Å². The van der Waals surface area contributed by atoms with E-state index in [9.17, 15) is 9.59 Å². The van der Waals surface area contributed by atoms with Crippen LogP contribution in [0.4, 0.5) is 0 Å². The molecule has 0 fully saturated rings. The number of nitrogens with zero attached hydrogens (tertiary/aromatic N) is 3. The summed E-state index contributed by atoms with van der Waals surface area (Å²) in [5.41, 5.74) is 3.41. The number of aryl methyl sites for hydroxylation is 1. The number of hydrogen-bond donors (Lipinski definition) is 0. The number of carbonyl (C=O) groups excluding carboxylic acids is 1. The van der Waals surface area contributed by atoms with Gasteiger partial charge in [-0.25, -0.2) is 4.98 Å². The molecule has 1 heterocycles. The maximum atomic E-state index is 13.6. The molecule has 0 spiro atoms. The Morgan fingerprint density at radius 3 is 2.45 bits per heavy atom. The molecule has 0 aliphatic carbocycles. The van der Waals surface area contributed by atoms with Gasteiger partial charge >= 0.3 is 5.97 Å². The molecule has 196 valence electrons. The van der Waals surface area contributed by atoms with E-state index < -0.39 is 5.97 Å². The standard InChI is InChI=1S/C29H27Cl2N3O4/c1-6-37-26-11-17(4)22(14-21(26)16(2)3)28-33-25-10-8-7-9-20(25)29(36)34(28)32-15-19-12-23(30)27(24(31)13-19)38-18(5)35/h7-16H,6H2,1-5H3. The average Bonchev–Trinajstić information content (AvgIpc) is 2.85. The highest BCUT2D eigenvalue weighted by atomic mass is 35.5. The smallest absolute Gasteiger partial charge is 0.308 e. The lowest BCUT2D eigenvalue weighted by Gasteiger charge is -2.18. The Hall–Kier alpha value is -3.68. The van der Waals surface area contributed by atoms with Gasteiger partial charge in [0.25, 0.3) is 5.56 Å². The normalized spacial score (nSPS) is 11.5. The summed E-state index contributed by atoms with van der Waals surface area (Å²) in [6.07, 6.45) is 1.46. The Kier molecular flexibility index (Phi) is 8.19. The van der Waals surface area contributed by atoms with E-state index >= 15 is 0 Å². The topological polar surface area (TPSA) is 82.8 Å². The molecule has 0 aliphatic rings. The molecule has 0 radical (unpaired) electrons. The molecule has 4 rings (SSSR count). The van der Waals surface area contributed by atoms with Gasteiger partial charge in [-0.1, -0.05) is 49.2 Å². The van der Waals surface area contributed by atoms with Gasteiger partial charge in [-0.3, -0.25) is 9.59 Å². The second kappa shape index (κ2) is 11.4. The number of rotatable bonds is 7. The van der Waals surface area contributed by atoms with Crippen LogP contribution in [0, 0.1) is 6.92 Å². The number of aromatic nitrogens is 2. The summed E-state index contributed by atoms with van der Waals surface area (Å²) in [4.78, 5) is 29.8. The van der Waals surface area contributed by atoms with Crippen LogP contribution in [0.25, 0.3) is 22.3 Å². The molecule has 0 aliphatic heterocycles. The second-order valence-electron chi connectivity index (χ2n) is 9.01. The number of hydrogen-bond acceptors (Lipinski definition) is 6. The van der Waals surface area contributed by atoms with Crippen molar-refractivity contribution in [3.8, 4) is 22.9 Å². The zero-order chi connectivity index (χ0) is 27.6. The van der Waals surface area contributed by atoms with Crippen molar-refractivity contribution in [2.75, 3.05) is 6.61 Å². The highest BCUT2D eigenvalue weighted by Crippen LogP contribution is 2.35. The molecule has 0 unspecified atom stereocenters. The van der Waals surface area contributed by atoms with Crippen molar-refractivity contribution in [2.45, 2.75) is 40.5 Å². The van der Waals surface area contributed by atoms with Crippen LogP contribution in [-0.4, -0.2) is 28.5 Å². The molecule has 3 aromatic carbocycles. The number of ether oxygens (including phenoxy) is 2.